The number of fused-ring (bicyclic) bond motifs is 1. The van der Waals surface area contributed by atoms with E-state index in [1.165, 1.54) is 56.8 Å². The molecule has 51 heavy (non-hydrogen) atoms. The van der Waals surface area contributed by atoms with Crippen LogP contribution in [0.15, 0.2) is 59.6 Å². The number of ether oxygens (including phenoxy) is 3. The Kier molecular flexibility index (Phi) is 10.5. The van der Waals surface area contributed by atoms with Gasteiger partial charge in [0.25, 0.3) is 15.9 Å². The lowest BCUT2D eigenvalue weighted by molar-refractivity contribution is -0.136. The minimum atomic E-state index is -4.65. The molecule has 6 rings (SSSR count). The number of likely N-dealkylation sites (N-methyl/N-ethyl adjacent to an activating group) is 1. The first-order valence-corrected chi connectivity index (χ1v) is 18.8. The summed E-state index contributed by atoms with van der Waals surface area (Å²) in [5.74, 6) is -0.752. The van der Waals surface area contributed by atoms with E-state index in [9.17, 15) is 18.5 Å². The van der Waals surface area contributed by atoms with Crippen LogP contribution in [0.3, 0.4) is 0 Å². The summed E-state index contributed by atoms with van der Waals surface area (Å²) in [6.45, 7) is 10.2. The van der Waals surface area contributed by atoms with Gasteiger partial charge in [-0.1, -0.05) is 13.0 Å². The highest BCUT2D eigenvalue weighted by Gasteiger charge is 2.59. The third-order valence-electron chi connectivity index (χ3n) is 10.4. The number of aromatic nitrogens is 1. The number of rotatable bonds is 11. The molecule has 2 fully saturated rings. The fourth-order valence-corrected chi connectivity index (χ4v) is 9.23. The highest BCUT2D eigenvalue weighted by atomic mass is 32.2. The molecule has 3 aromatic rings. The highest BCUT2D eigenvalue weighted by Crippen LogP contribution is 2.53. The van der Waals surface area contributed by atoms with E-state index in [2.05, 4.69) is 27.8 Å². The zero-order chi connectivity index (χ0) is 36.3. The van der Waals surface area contributed by atoms with E-state index in [0.717, 1.165) is 49.9 Å². The standard InChI is InChI=1S/C37H44N6O7S/c1-5-40-18-20-41(21-19-40)27-13-16-42(17-14-27)34(44)24-37(29-8-7-15-39-35(29)50-6-2)30-22-26(25-38)9-11-31(30)43(36(37)45)51(46,47)33-12-10-28(48-3)23-32(33)49-4/h7-12,15,22-23,27H,5-6,13-14,16-21,24H2,1-4H3. The van der Waals surface area contributed by atoms with Crippen molar-refractivity contribution in [2.45, 2.75) is 49.5 Å². The number of piperazine rings is 1. The molecular weight excluding hydrogens is 673 g/mol. The van der Waals surface area contributed by atoms with Crippen molar-refractivity contribution >= 4 is 27.5 Å². The van der Waals surface area contributed by atoms with Gasteiger partial charge in [0.05, 0.1) is 38.1 Å². The molecule has 4 heterocycles. The van der Waals surface area contributed by atoms with E-state index in [-0.39, 0.29) is 51.4 Å². The smallest absolute Gasteiger partial charge is 0.274 e. The van der Waals surface area contributed by atoms with Crippen LogP contribution in [0.2, 0.25) is 0 Å². The number of hydrogen-bond donors (Lipinski definition) is 0. The van der Waals surface area contributed by atoms with E-state index in [4.69, 9.17) is 14.2 Å². The number of pyridine rings is 1. The Morgan fingerprint density at radius 1 is 0.980 bits per heavy atom. The lowest BCUT2D eigenvalue weighted by atomic mass is 9.72. The van der Waals surface area contributed by atoms with E-state index < -0.39 is 27.8 Å². The summed E-state index contributed by atoms with van der Waals surface area (Å²) in [6.07, 6.45) is 2.70. The Hall–Kier alpha value is -4.71. The number of nitrogens with zero attached hydrogens (tertiary/aromatic N) is 6. The summed E-state index contributed by atoms with van der Waals surface area (Å²) in [6, 6.07) is 14.3. The highest BCUT2D eigenvalue weighted by molar-refractivity contribution is 7.93. The second-order valence-corrected chi connectivity index (χ2v) is 14.6. The zero-order valence-electron chi connectivity index (χ0n) is 29.5. The molecule has 14 heteroatoms. The summed E-state index contributed by atoms with van der Waals surface area (Å²) in [7, 11) is -1.88. The number of likely N-dealkylation sites (tertiary alicyclic amines) is 1. The van der Waals surface area contributed by atoms with Crippen molar-refractivity contribution in [1.82, 2.24) is 19.7 Å². The third kappa shape index (κ3) is 6.50. The Morgan fingerprint density at radius 3 is 2.37 bits per heavy atom. The van der Waals surface area contributed by atoms with Gasteiger partial charge in [-0.15, -0.1) is 0 Å². The lowest BCUT2D eigenvalue weighted by Crippen LogP contribution is -2.54. The van der Waals surface area contributed by atoms with Crippen molar-refractivity contribution in [1.29, 1.82) is 5.26 Å². The van der Waals surface area contributed by atoms with Crippen molar-refractivity contribution in [2.75, 3.05) is 70.9 Å². The molecule has 3 aliphatic rings. The van der Waals surface area contributed by atoms with Crippen molar-refractivity contribution < 1.29 is 32.2 Å². The van der Waals surface area contributed by atoms with Crippen molar-refractivity contribution in [3.8, 4) is 23.4 Å². The SMILES string of the molecule is CCOc1ncccc1C1(CC(=O)N2CCC(N3CCN(CC)CC3)CC2)C(=O)N(S(=O)(=O)c2ccc(OC)cc2OC)c2ccc(C#N)cc21. The minimum Gasteiger partial charge on any atom is -0.497 e. The minimum absolute atomic E-state index is 0.0266. The maximum atomic E-state index is 15.2. The molecule has 2 amide bonds. The van der Waals surface area contributed by atoms with Crippen molar-refractivity contribution in [2.24, 2.45) is 0 Å². The van der Waals surface area contributed by atoms with Crippen LogP contribution < -0.4 is 18.5 Å². The van der Waals surface area contributed by atoms with Gasteiger partial charge in [-0.25, -0.2) is 17.7 Å². The first-order valence-electron chi connectivity index (χ1n) is 17.3. The average molecular weight is 717 g/mol. The molecule has 0 N–H and O–H groups in total. The second kappa shape index (κ2) is 14.9. The molecule has 0 spiro atoms. The topological polar surface area (TPSA) is 146 Å². The molecule has 2 saturated heterocycles. The number of benzene rings is 2. The van der Waals surface area contributed by atoms with Gasteiger partial charge in [0.15, 0.2) is 0 Å². The van der Waals surface area contributed by atoms with Crippen LogP contribution in [0, 0.1) is 11.3 Å². The van der Waals surface area contributed by atoms with Gasteiger partial charge in [-0.05, 0) is 68.3 Å². The monoisotopic (exact) mass is 716 g/mol. The predicted octanol–water partition coefficient (Wildman–Crippen LogP) is 3.41. The first-order chi connectivity index (χ1) is 24.6. The van der Waals surface area contributed by atoms with Gasteiger partial charge in [0.2, 0.25) is 11.8 Å². The molecule has 270 valence electrons. The van der Waals surface area contributed by atoms with Gasteiger partial charge in [-0.3, -0.25) is 14.5 Å². The van der Waals surface area contributed by atoms with Crippen LogP contribution >= 0.6 is 0 Å². The fourth-order valence-electron chi connectivity index (χ4n) is 7.60. The zero-order valence-corrected chi connectivity index (χ0v) is 30.3. The maximum Gasteiger partial charge on any atom is 0.274 e. The van der Waals surface area contributed by atoms with E-state index >= 15 is 4.79 Å². The predicted molar refractivity (Wildman–Crippen MR) is 189 cm³/mol. The van der Waals surface area contributed by atoms with Crippen LogP contribution in [-0.2, 0) is 25.0 Å². The lowest BCUT2D eigenvalue weighted by Gasteiger charge is -2.43. The number of piperidine rings is 1. The Labute approximate surface area is 299 Å². The molecule has 1 unspecified atom stereocenters. The molecule has 1 atom stereocenters. The molecule has 13 nitrogen and oxygen atoms in total. The van der Waals surface area contributed by atoms with Crippen molar-refractivity contribution in [3.05, 3.63) is 71.4 Å². The number of amides is 2. The van der Waals surface area contributed by atoms with Gasteiger partial charge < -0.3 is 24.0 Å². The van der Waals surface area contributed by atoms with Crippen LogP contribution in [0.5, 0.6) is 17.4 Å². The molecule has 2 aromatic carbocycles. The number of nitriles is 1. The molecular formula is C37H44N6O7S. The number of methoxy groups -OCH3 is 2. The Balaban J connectivity index is 1.43. The van der Waals surface area contributed by atoms with E-state index in [0.29, 0.717) is 24.9 Å². The van der Waals surface area contributed by atoms with Gasteiger partial charge in [-0.2, -0.15) is 5.26 Å². The summed E-state index contributed by atoms with van der Waals surface area (Å²) >= 11 is 0. The number of hydrogen-bond acceptors (Lipinski definition) is 11. The van der Waals surface area contributed by atoms with Crippen LogP contribution in [0.4, 0.5) is 5.69 Å². The number of sulfonamides is 1. The number of anilines is 1. The maximum absolute atomic E-state index is 15.2. The third-order valence-corrected chi connectivity index (χ3v) is 12.1. The second-order valence-electron chi connectivity index (χ2n) is 12.9. The first kappa shape index (κ1) is 36.1. The van der Waals surface area contributed by atoms with Gasteiger partial charge in [0.1, 0.15) is 21.8 Å². The molecule has 1 aromatic heterocycles. The van der Waals surface area contributed by atoms with Crippen LogP contribution in [0.1, 0.15) is 49.8 Å². The molecule has 0 radical (unpaired) electrons. The molecule has 0 aliphatic carbocycles. The number of carbonyl (C=O) groups is 2. The summed E-state index contributed by atoms with van der Waals surface area (Å²) in [5.41, 5.74) is -1.22. The van der Waals surface area contributed by atoms with Gasteiger partial charge in [0, 0.05) is 69.6 Å². The quantitative estimate of drug-likeness (QED) is 0.288. The van der Waals surface area contributed by atoms with Crippen LogP contribution in [0.25, 0.3) is 0 Å². The summed E-state index contributed by atoms with van der Waals surface area (Å²) in [4.78, 5) is 40.6. The average Bonchev–Trinajstić information content (AvgIpc) is 3.42. The van der Waals surface area contributed by atoms with Gasteiger partial charge >= 0.3 is 0 Å². The number of carbonyl (C=O) groups excluding carboxylic acids is 2. The fraction of sp³-hybridized carbons (Fsp3) is 0.459. The van der Waals surface area contributed by atoms with Crippen molar-refractivity contribution in [3.63, 3.8) is 0 Å². The summed E-state index contributed by atoms with van der Waals surface area (Å²) < 4.78 is 46.7. The molecule has 0 saturated carbocycles. The summed E-state index contributed by atoms with van der Waals surface area (Å²) in [5, 5.41) is 9.97. The normalized spacial score (nSPS) is 20.2. The largest absolute Gasteiger partial charge is 0.497 e. The Bertz CT molecular complexity index is 1930. The molecule has 0 bridgehead atoms. The van der Waals surface area contributed by atoms with Crippen LogP contribution in [-0.4, -0.2) is 113 Å². The van der Waals surface area contributed by atoms with E-state index in [1.807, 2.05) is 0 Å². The van der Waals surface area contributed by atoms with E-state index in [1.54, 1.807) is 24.0 Å². The molecule has 3 aliphatic heterocycles. The Morgan fingerprint density at radius 2 is 1.73 bits per heavy atom.